The minimum absolute atomic E-state index is 0.0151. The van der Waals surface area contributed by atoms with E-state index in [1.807, 2.05) is 11.0 Å². The Bertz CT molecular complexity index is 715. The number of hydrogen-bond acceptors (Lipinski definition) is 4. The molecule has 2 saturated heterocycles. The molecule has 0 aromatic heterocycles. The van der Waals surface area contributed by atoms with Gasteiger partial charge in [0.2, 0.25) is 11.8 Å². The molecule has 1 aromatic rings. The first-order valence-electron chi connectivity index (χ1n) is 9.23. The van der Waals surface area contributed by atoms with Crippen LogP contribution in [-0.4, -0.2) is 83.0 Å². The summed E-state index contributed by atoms with van der Waals surface area (Å²) in [6.07, 6.45) is 0.689. The zero-order valence-corrected chi connectivity index (χ0v) is 16.9. The van der Waals surface area contributed by atoms with Gasteiger partial charge in [-0.3, -0.25) is 14.5 Å². The fourth-order valence-electron chi connectivity index (χ4n) is 3.83. The Hall–Kier alpha value is -1.34. The SMILES string of the molecule is CC(=O)N1CCN(C(=O)Cc2ccc(Cl)c(Cl)c2)C(CN2CC[C@@H](O)C2)C1. The van der Waals surface area contributed by atoms with Gasteiger partial charge in [0, 0.05) is 46.2 Å². The van der Waals surface area contributed by atoms with Crippen LogP contribution in [0, 0.1) is 0 Å². The van der Waals surface area contributed by atoms with Crippen molar-refractivity contribution in [1.29, 1.82) is 0 Å². The van der Waals surface area contributed by atoms with Crippen LogP contribution in [0.25, 0.3) is 0 Å². The zero-order chi connectivity index (χ0) is 19.6. The Balaban J connectivity index is 1.70. The molecule has 27 heavy (non-hydrogen) atoms. The Morgan fingerprint density at radius 3 is 2.56 bits per heavy atom. The minimum Gasteiger partial charge on any atom is -0.392 e. The van der Waals surface area contributed by atoms with E-state index in [4.69, 9.17) is 23.2 Å². The largest absolute Gasteiger partial charge is 0.392 e. The van der Waals surface area contributed by atoms with E-state index in [1.54, 1.807) is 24.0 Å². The maximum Gasteiger partial charge on any atom is 0.227 e. The summed E-state index contributed by atoms with van der Waals surface area (Å²) in [7, 11) is 0. The van der Waals surface area contributed by atoms with Gasteiger partial charge in [0.1, 0.15) is 0 Å². The number of nitrogens with zero attached hydrogens (tertiary/aromatic N) is 3. The van der Waals surface area contributed by atoms with Crippen LogP contribution in [0.1, 0.15) is 18.9 Å². The van der Waals surface area contributed by atoms with E-state index < -0.39 is 0 Å². The second-order valence-corrected chi connectivity index (χ2v) is 8.15. The van der Waals surface area contributed by atoms with Crippen LogP contribution in [0.5, 0.6) is 0 Å². The average molecular weight is 414 g/mol. The predicted molar refractivity (Wildman–Crippen MR) is 105 cm³/mol. The molecular formula is C19H25Cl2N3O3. The second-order valence-electron chi connectivity index (χ2n) is 7.33. The normalized spacial score (nSPS) is 23.7. The number of likely N-dealkylation sites (tertiary alicyclic amines) is 1. The maximum absolute atomic E-state index is 13.0. The smallest absolute Gasteiger partial charge is 0.227 e. The molecule has 3 rings (SSSR count). The Morgan fingerprint density at radius 1 is 1.15 bits per heavy atom. The zero-order valence-electron chi connectivity index (χ0n) is 15.4. The third kappa shape index (κ3) is 5.13. The number of aliphatic hydroxyl groups is 1. The third-order valence-electron chi connectivity index (χ3n) is 5.30. The molecule has 0 bridgehead atoms. The van der Waals surface area contributed by atoms with Crippen molar-refractivity contribution in [2.45, 2.75) is 31.9 Å². The molecule has 2 aliphatic rings. The van der Waals surface area contributed by atoms with Gasteiger partial charge in [-0.15, -0.1) is 0 Å². The van der Waals surface area contributed by atoms with Crippen LogP contribution < -0.4 is 0 Å². The van der Waals surface area contributed by atoms with Crippen LogP contribution in [0.4, 0.5) is 0 Å². The monoisotopic (exact) mass is 413 g/mol. The molecule has 1 aromatic carbocycles. The molecule has 8 heteroatoms. The quantitative estimate of drug-likeness (QED) is 0.814. The van der Waals surface area contributed by atoms with Crippen LogP contribution in [0.15, 0.2) is 18.2 Å². The van der Waals surface area contributed by atoms with Gasteiger partial charge in [-0.2, -0.15) is 0 Å². The van der Waals surface area contributed by atoms with Crippen molar-refractivity contribution in [1.82, 2.24) is 14.7 Å². The lowest BCUT2D eigenvalue weighted by Crippen LogP contribution is -2.59. The van der Waals surface area contributed by atoms with Crippen molar-refractivity contribution in [3.05, 3.63) is 33.8 Å². The lowest BCUT2D eigenvalue weighted by molar-refractivity contribution is -0.142. The van der Waals surface area contributed by atoms with Crippen molar-refractivity contribution in [2.75, 3.05) is 39.3 Å². The fourth-order valence-corrected chi connectivity index (χ4v) is 4.15. The van der Waals surface area contributed by atoms with E-state index in [-0.39, 0.29) is 30.4 Å². The van der Waals surface area contributed by atoms with E-state index in [0.29, 0.717) is 42.8 Å². The van der Waals surface area contributed by atoms with Gasteiger partial charge in [0.05, 0.1) is 28.6 Å². The highest BCUT2D eigenvalue weighted by molar-refractivity contribution is 6.42. The fraction of sp³-hybridized carbons (Fsp3) is 0.579. The van der Waals surface area contributed by atoms with E-state index in [1.165, 1.54) is 0 Å². The van der Waals surface area contributed by atoms with Crippen LogP contribution in [0.3, 0.4) is 0 Å². The van der Waals surface area contributed by atoms with Crippen molar-refractivity contribution in [3.8, 4) is 0 Å². The first kappa shape index (κ1) is 20.4. The molecule has 0 spiro atoms. The number of piperazine rings is 1. The number of benzene rings is 1. The third-order valence-corrected chi connectivity index (χ3v) is 6.04. The van der Waals surface area contributed by atoms with Gasteiger partial charge in [0.25, 0.3) is 0 Å². The molecule has 1 unspecified atom stereocenters. The number of carbonyl (C=O) groups is 2. The number of aliphatic hydroxyl groups excluding tert-OH is 1. The predicted octanol–water partition coefficient (Wildman–Crippen LogP) is 1.66. The summed E-state index contributed by atoms with van der Waals surface area (Å²) in [4.78, 5) is 30.6. The summed E-state index contributed by atoms with van der Waals surface area (Å²) in [6, 6.07) is 5.15. The van der Waals surface area contributed by atoms with Gasteiger partial charge >= 0.3 is 0 Å². The molecule has 2 heterocycles. The van der Waals surface area contributed by atoms with E-state index in [2.05, 4.69) is 4.90 Å². The number of carbonyl (C=O) groups excluding carboxylic acids is 2. The number of hydrogen-bond donors (Lipinski definition) is 1. The highest BCUT2D eigenvalue weighted by Crippen LogP contribution is 2.24. The summed E-state index contributed by atoms with van der Waals surface area (Å²) in [5.41, 5.74) is 0.818. The van der Waals surface area contributed by atoms with E-state index >= 15 is 0 Å². The van der Waals surface area contributed by atoms with Crippen molar-refractivity contribution >= 4 is 35.0 Å². The van der Waals surface area contributed by atoms with E-state index in [0.717, 1.165) is 18.5 Å². The first-order chi connectivity index (χ1) is 12.8. The minimum atomic E-state index is -0.308. The average Bonchev–Trinajstić information content (AvgIpc) is 3.02. The number of halogens is 2. The molecule has 0 saturated carbocycles. The summed E-state index contributed by atoms with van der Waals surface area (Å²) < 4.78 is 0. The molecule has 1 N–H and O–H groups in total. The van der Waals surface area contributed by atoms with Gasteiger partial charge in [0.15, 0.2) is 0 Å². The van der Waals surface area contributed by atoms with Crippen LogP contribution >= 0.6 is 23.2 Å². The first-order valence-corrected chi connectivity index (χ1v) is 9.98. The summed E-state index contributed by atoms with van der Waals surface area (Å²) in [5.74, 6) is 0.0411. The summed E-state index contributed by atoms with van der Waals surface area (Å²) in [6.45, 7) is 5.23. The Morgan fingerprint density at radius 2 is 1.93 bits per heavy atom. The van der Waals surface area contributed by atoms with Gasteiger partial charge < -0.3 is 14.9 Å². The second kappa shape index (κ2) is 8.78. The molecule has 0 aliphatic carbocycles. The molecule has 2 fully saturated rings. The molecular weight excluding hydrogens is 389 g/mol. The molecule has 0 radical (unpaired) electrons. The van der Waals surface area contributed by atoms with Gasteiger partial charge in [-0.25, -0.2) is 0 Å². The molecule has 2 atom stereocenters. The molecule has 2 amide bonds. The topological polar surface area (TPSA) is 64.1 Å². The van der Waals surface area contributed by atoms with Crippen molar-refractivity contribution in [3.63, 3.8) is 0 Å². The number of amides is 2. The Labute approximate surface area is 169 Å². The van der Waals surface area contributed by atoms with Crippen LogP contribution in [0.2, 0.25) is 10.0 Å². The van der Waals surface area contributed by atoms with Gasteiger partial charge in [-0.05, 0) is 24.1 Å². The van der Waals surface area contributed by atoms with Crippen molar-refractivity contribution < 1.29 is 14.7 Å². The summed E-state index contributed by atoms with van der Waals surface area (Å²) >= 11 is 12.0. The highest BCUT2D eigenvalue weighted by Gasteiger charge is 2.34. The van der Waals surface area contributed by atoms with Gasteiger partial charge in [-0.1, -0.05) is 29.3 Å². The molecule has 148 valence electrons. The lowest BCUT2D eigenvalue weighted by atomic mass is 10.1. The standard InChI is InChI=1S/C19H25Cl2N3O3/c1-13(25)23-6-7-24(15(11-23)10-22-5-4-16(26)12-22)19(27)9-14-2-3-17(20)18(21)8-14/h2-3,8,15-16,26H,4-7,9-12H2,1H3/t15?,16-/m1/s1. The Kier molecular flexibility index (Phi) is 6.63. The van der Waals surface area contributed by atoms with Crippen LogP contribution in [-0.2, 0) is 16.0 Å². The number of β-amino-alcohol motifs (C(OH)–C–C–N with tert-alkyl or cyclic N) is 1. The molecule has 6 nitrogen and oxygen atoms in total. The van der Waals surface area contributed by atoms with E-state index in [9.17, 15) is 14.7 Å². The highest BCUT2D eigenvalue weighted by atomic mass is 35.5. The number of rotatable bonds is 4. The van der Waals surface area contributed by atoms with Crippen molar-refractivity contribution in [2.24, 2.45) is 0 Å². The maximum atomic E-state index is 13.0. The summed E-state index contributed by atoms with van der Waals surface area (Å²) in [5, 5.41) is 10.7. The molecule has 2 aliphatic heterocycles. The lowest BCUT2D eigenvalue weighted by Gasteiger charge is -2.42.